The molecule has 0 aromatic heterocycles. The second kappa shape index (κ2) is 12.5. The number of hydrogen-bond donors (Lipinski definition) is 0. The maximum Gasteiger partial charge on any atom is 0.166 e. The van der Waals surface area contributed by atoms with Crippen LogP contribution < -0.4 is 0 Å². The van der Waals surface area contributed by atoms with Crippen LogP contribution in [0.3, 0.4) is 0 Å². The fourth-order valence-corrected chi connectivity index (χ4v) is 4.36. The van der Waals surface area contributed by atoms with Crippen LogP contribution in [0.25, 0.3) is 22.3 Å². The van der Waals surface area contributed by atoms with E-state index in [1.807, 2.05) is 48.5 Å². The first-order valence-electron chi connectivity index (χ1n) is 12.3. The van der Waals surface area contributed by atoms with Gasteiger partial charge in [-0.25, -0.2) is 8.78 Å². The Balaban J connectivity index is 1.88. The zero-order valence-electron chi connectivity index (χ0n) is 19.6. The molecule has 3 aromatic carbocycles. The van der Waals surface area contributed by atoms with Crippen LogP contribution in [-0.4, -0.2) is 0 Å². The van der Waals surface area contributed by atoms with Gasteiger partial charge in [-0.1, -0.05) is 107 Å². The Morgan fingerprint density at radius 3 is 1.81 bits per heavy atom. The fraction of sp³-hybridized carbons (Fsp3) is 0.400. The van der Waals surface area contributed by atoms with Gasteiger partial charge in [0.25, 0.3) is 0 Å². The molecule has 170 valence electrons. The van der Waals surface area contributed by atoms with Crippen molar-refractivity contribution in [2.24, 2.45) is 0 Å². The van der Waals surface area contributed by atoms with E-state index in [0.29, 0.717) is 17.5 Å². The van der Waals surface area contributed by atoms with Crippen molar-refractivity contribution in [3.05, 3.63) is 83.4 Å². The third kappa shape index (κ3) is 6.28. The minimum absolute atomic E-state index is 0.378. The van der Waals surface area contributed by atoms with E-state index in [-0.39, 0.29) is 0 Å². The lowest BCUT2D eigenvalue weighted by Gasteiger charge is -2.16. The SMILES string of the molecule is CCCCCCCc1c(CCCCC)cc(-c2ccc(-c3ccccc3)cc2)c(F)c1F. The second-order valence-electron chi connectivity index (χ2n) is 8.75. The molecule has 0 unspecified atom stereocenters. The predicted octanol–water partition coefficient (Wildman–Crippen LogP) is 9.54. The van der Waals surface area contributed by atoms with Crippen molar-refractivity contribution >= 4 is 0 Å². The number of hydrogen-bond acceptors (Lipinski definition) is 0. The first kappa shape index (κ1) is 24.2. The highest BCUT2D eigenvalue weighted by atomic mass is 19.2. The maximum absolute atomic E-state index is 15.3. The van der Waals surface area contributed by atoms with E-state index in [0.717, 1.165) is 67.2 Å². The number of aryl methyl sites for hydroxylation is 1. The van der Waals surface area contributed by atoms with Gasteiger partial charge >= 0.3 is 0 Å². The molecule has 0 aliphatic heterocycles. The van der Waals surface area contributed by atoms with Crippen molar-refractivity contribution in [1.29, 1.82) is 0 Å². The van der Waals surface area contributed by atoms with Gasteiger partial charge in [0.1, 0.15) is 0 Å². The molecule has 0 radical (unpaired) electrons. The second-order valence-corrected chi connectivity index (χ2v) is 8.75. The molecule has 32 heavy (non-hydrogen) atoms. The minimum atomic E-state index is -0.708. The van der Waals surface area contributed by atoms with Gasteiger partial charge in [0.2, 0.25) is 0 Å². The molecule has 0 heterocycles. The molecule has 0 bridgehead atoms. The van der Waals surface area contributed by atoms with Crippen LogP contribution in [0.4, 0.5) is 8.78 Å². The van der Waals surface area contributed by atoms with E-state index < -0.39 is 11.6 Å². The molecule has 0 atom stereocenters. The molecule has 3 rings (SSSR count). The summed E-state index contributed by atoms with van der Waals surface area (Å²) in [6.45, 7) is 4.35. The Bertz CT molecular complexity index is 958. The van der Waals surface area contributed by atoms with Crippen LogP contribution in [0.15, 0.2) is 60.7 Å². The van der Waals surface area contributed by atoms with Gasteiger partial charge < -0.3 is 0 Å². The van der Waals surface area contributed by atoms with Crippen LogP contribution in [0.1, 0.15) is 76.3 Å². The third-order valence-electron chi connectivity index (χ3n) is 6.28. The Kier molecular flexibility index (Phi) is 9.46. The highest BCUT2D eigenvalue weighted by Gasteiger charge is 2.19. The van der Waals surface area contributed by atoms with Crippen molar-refractivity contribution in [2.75, 3.05) is 0 Å². The van der Waals surface area contributed by atoms with Crippen LogP contribution in [0.2, 0.25) is 0 Å². The van der Waals surface area contributed by atoms with Gasteiger partial charge in [-0.3, -0.25) is 0 Å². The molecule has 3 aromatic rings. The molecular formula is C30H36F2. The van der Waals surface area contributed by atoms with Crippen molar-refractivity contribution in [2.45, 2.75) is 78.1 Å². The lowest BCUT2D eigenvalue weighted by atomic mass is 9.91. The largest absolute Gasteiger partial charge is 0.203 e. The van der Waals surface area contributed by atoms with Crippen molar-refractivity contribution in [1.82, 2.24) is 0 Å². The zero-order chi connectivity index (χ0) is 22.8. The molecule has 0 N–H and O–H groups in total. The van der Waals surface area contributed by atoms with E-state index in [1.165, 1.54) is 12.8 Å². The van der Waals surface area contributed by atoms with Crippen LogP contribution in [-0.2, 0) is 12.8 Å². The molecule has 0 spiro atoms. The number of unbranched alkanes of at least 4 members (excludes halogenated alkanes) is 6. The average molecular weight is 435 g/mol. The highest BCUT2D eigenvalue weighted by molar-refractivity contribution is 5.71. The number of halogens is 2. The van der Waals surface area contributed by atoms with Gasteiger partial charge in [-0.05, 0) is 59.6 Å². The number of benzene rings is 3. The molecular weight excluding hydrogens is 398 g/mol. The smallest absolute Gasteiger partial charge is 0.166 e. The van der Waals surface area contributed by atoms with E-state index in [9.17, 15) is 0 Å². The molecule has 0 nitrogen and oxygen atoms in total. The standard InChI is InChI=1S/C30H36F2/c1-3-5-7-8-13-17-27-26(16-10-6-4-2)22-28(30(32)29(27)31)25-20-18-24(19-21-25)23-14-11-9-12-15-23/h9,11-12,14-15,18-22H,3-8,10,13,16-17H2,1-2H3. The Morgan fingerprint density at radius 1 is 0.562 bits per heavy atom. The molecule has 2 heteroatoms. The fourth-order valence-electron chi connectivity index (χ4n) is 4.36. The lowest BCUT2D eigenvalue weighted by molar-refractivity contribution is 0.494. The highest BCUT2D eigenvalue weighted by Crippen LogP contribution is 2.32. The molecule has 0 amide bonds. The van der Waals surface area contributed by atoms with E-state index in [4.69, 9.17) is 0 Å². The normalized spacial score (nSPS) is 11.1. The topological polar surface area (TPSA) is 0 Å². The average Bonchev–Trinajstić information content (AvgIpc) is 2.83. The zero-order valence-corrected chi connectivity index (χ0v) is 19.6. The molecule has 0 fully saturated rings. The summed E-state index contributed by atoms with van der Waals surface area (Å²) in [5, 5.41) is 0. The molecule has 0 aliphatic rings. The summed E-state index contributed by atoms with van der Waals surface area (Å²) in [5.41, 5.74) is 4.87. The van der Waals surface area contributed by atoms with Crippen LogP contribution in [0.5, 0.6) is 0 Å². The third-order valence-corrected chi connectivity index (χ3v) is 6.28. The number of rotatable bonds is 12. The van der Waals surface area contributed by atoms with Gasteiger partial charge in [0, 0.05) is 5.56 Å². The summed E-state index contributed by atoms with van der Waals surface area (Å²) in [5.74, 6) is -1.35. The molecule has 0 saturated carbocycles. The first-order valence-corrected chi connectivity index (χ1v) is 12.3. The van der Waals surface area contributed by atoms with Crippen LogP contribution in [0, 0.1) is 11.6 Å². The Hall–Kier alpha value is -2.48. The van der Waals surface area contributed by atoms with Gasteiger partial charge in [0.15, 0.2) is 11.6 Å². The molecule has 0 aliphatic carbocycles. The van der Waals surface area contributed by atoms with E-state index >= 15 is 8.78 Å². The Labute approximate surface area is 192 Å². The maximum atomic E-state index is 15.3. The van der Waals surface area contributed by atoms with Crippen molar-refractivity contribution in [3.8, 4) is 22.3 Å². The summed E-state index contributed by atoms with van der Waals surface area (Å²) in [6, 6.07) is 19.8. The minimum Gasteiger partial charge on any atom is -0.203 e. The van der Waals surface area contributed by atoms with Crippen molar-refractivity contribution in [3.63, 3.8) is 0 Å². The summed E-state index contributed by atoms with van der Waals surface area (Å²) in [6.07, 6.45) is 10.2. The Morgan fingerprint density at radius 2 is 1.12 bits per heavy atom. The predicted molar refractivity (Wildman–Crippen MR) is 133 cm³/mol. The first-order chi connectivity index (χ1) is 15.7. The lowest BCUT2D eigenvalue weighted by Crippen LogP contribution is -2.04. The van der Waals surface area contributed by atoms with E-state index in [2.05, 4.69) is 26.0 Å². The summed E-state index contributed by atoms with van der Waals surface area (Å²) in [7, 11) is 0. The van der Waals surface area contributed by atoms with Gasteiger partial charge in [-0.2, -0.15) is 0 Å². The molecule has 0 saturated heterocycles. The summed E-state index contributed by atoms with van der Waals surface area (Å²) >= 11 is 0. The van der Waals surface area contributed by atoms with E-state index in [1.54, 1.807) is 0 Å². The van der Waals surface area contributed by atoms with Gasteiger partial charge in [0.05, 0.1) is 0 Å². The van der Waals surface area contributed by atoms with Crippen molar-refractivity contribution < 1.29 is 8.78 Å². The summed E-state index contributed by atoms with van der Waals surface area (Å²) < 4.78 is 30.5. The van der Waals surface area contributed by atoms with Gasteiger partial charge in [-0.15, -0.1) is 0 Å². The summed E-state index contributed by atoms with van der Waals surface area (Å²) in [4.78, 5) is 0. The van der Waals surface area contributed by atoms with Crippen LogP contribution >= 0.6 is 0 Å². The monoisotopic (exact) mass is 434 g/mol. The quantitative estimate of drug-likeness (QED) is 0.249.